The first-order valence-corrected chi connectivity index (χ1v) is 9.17. The topological polar surface area (TPSA) is 77.5 Å². The minimum atomic E-state index is -0.348. The van der Waals surface area contributed by atoms with Gasteiger partial charge in [-0.15, -0.1) is 0 Å². The summed E-state index contributed by atoms with van der Waals surface area (Å²) in [6.45, 7) is -0.185. The van der Waals surface area contributed by atoms with Crippen LogP contribution in [0.5, 0.6) is 11.5 Å². The van der Waals surface area contributed by atoms with Crippen molar-refractivity contribution in [2.45, 2.75) is 0 Å². The average molecular weight is 441 g/mol. The number of rotatable bonds is 7. The molecule has 0 fully saturated rings. The molecule has 0 atom stereocenters. The third kappa shape index (κ3) is 4.75. The molecular formula is C21H17BrN2O4. The summed E-state index contributed by atoms with van der Waals surface area (Å²) >= 11 is 3.38. The Hall–Kier alpha value is -3.19. The summed E-state index contributed by atoms with van der Waals surface area (Å²) in [4.78, 5) is 28.6. The molecule has 0 radical (unpaired) electrons. The van der Waals surface area contributed by atoms with Crippen LogP contribution < -0.4 is 14.8 Å². The molecule has 0 spiro atoms. The highest BCUT2D eigenvalue weighted by atomic mass is 79.9. The summed E-state index contributed by atoms with van der Waals surface area (Å²) in [5, 5.41) is 2.68. The second-order valence-corrected chi connectivity index (χ2v) is 6.60. The average Bonchev–Trinajstić information content (AvgIpc) is 2.73. The first kappa shape index (κ1) is 19.6. The number of methoxy groups -OCH3 is 1. The highest BCUT2D eigenvalue weighted by Crippen LogP contribution is 2.23. The zero-order valence-corrected chi connectivity index (χ0v) is 16.6. The molecule has 1 heterocycles. The SMILES string of the molecule is COc1ccncc1NC(=O)COc1ccc(C(=O)c2ccccc2Br)cc1. The van der Waals surface area contributed by atoms with Crippen LogP contribution in [0, 0.1) is 0 Å². The fourth-order valence-corrected chi connectivity index (χ4v) is 2.96. The minimum absolute atomic E-state index is 0.0968. The van der Waals surface area contributed by atoms with Gasteiger partial charge in [0.2, 0.25) is 0 Å². The van der Waals surface area contributed by atoms with Crippen LogP contribution in [0.3, 0.4) is 0 Å². The van der Waals surface area contributed by atoms with Crippen molar-refractivity contribution in [1.82, 2.24) is 4.98 Å². The van der Waals surface area contributed by atoms with E-state index in [4.69, 9.17) is 9.47 Å². The van der Waals surface area contributed by atoms with Crippen LogP contribution in [-0.4, -0.2) is 30.4 Å². The molecule has 2 aromatic carbocycles. The molecule has 6 nitrogen and oxygen atoms in total. The van der Waals surface area contributed by atoms with E-state index in [0.717, 1.165) is 4.47 Å². The molecule has 3 rings (SSSR count). The predicted molar refractivity (Wildman–Crippen MR) is 109 cm³/mol. The van der Waals surface area contributed by atoms with Crippen molar-refractivity contribution < 1.29 is 19.1 Å². The lowest BCUT2D eigenvalue weighted by Crippen LogP contribution is -2.20. The highest BCUT2D eigenvalue weighted by Gasteiger charge is 2.12. The van der Waals surface area contributed by atoms with Gasteiger partial charge in [-0.05, 0) is 36.4 Å². The lowest BCUT2D eigenvalue weighted by atomic mass is 10.0. The van der Waals surface area contributed by atoms with Crippen molar-refractivity contribution in [3.05, 3.63) is 82.6 Å². The number of benzene rings is 2. The smallest absolute Gasteiger partial charge is 0.262 e. The molecule has 0 aliphatic rings. The van der Waals surface area contributed by atoms with Crippen LogP contribution in [0.4, 0.5) is 5.69 Å². The number of aromatic nitrogens is 1. The van der Waals surface area contributed by atoms with Crippen LogP contribution in [0.1, 0.15) is 15.9 Å². The van der Waals surface area contributed by atoms with Gasteiger partial charge in [0.1, 0.15) is 17.2 Å². The zero-order valence-electron chi connectivity index (χ0n) is 15.0. The number of amides is 1. The third-order valence-corrected chi connectivity index (χ3v) is 4.57. The standard InChI is InChI=1S/C21H17BrN2O4/c1-27-19-10-11-23-12-18(19)24-20(25)13-28-15-8-6-14(7-9-15)21(26)16-4-2-3-5-17(16)22/h2-12H,13H2,1H3,(H,24,25). The molecule has 0 saturated carbocycles. The molecule has 0 saturated heterocycles. The molecule has 0 aliphatic heterocycles. The van der Waals surface area contributed by atoms with E-state index in [1.54, 1.807) is 42.6 Å². The van der Waals surface area contributed by atoms with Crippen LogP contribution >= 0.6 is 15.9 Å². The van der Waals surface area contributed by atoms with E-state index in [1.807, 2.05) is 18.2 Å². The van der Waals surface area contributed by atoms with Crippen molar-refractivity contribution in [3.63, 3.8) is 0 Å². The summed E-state index contributed by atoms with van der Waals surface area (Å²) in [6.07, 6.45) is 3.07. The molecule has 28 heavy (non-hydrogen) atoms. The Morgan fingerprint density at radius 1 is 1.07 bits per heavy atom. The second kappa shape index (κ2) is 9.14. The maximum Gasteiger partial charge on any atom is 0.262 e. The maximum absolute atomic E-state index is 12.6. The van der Waals surface area contributed by atoms with Crippen molar-refractivity contribution in [3.8, 4) is 11.5 Å². The Balaban J connectivity index is 1.59. The van der Waals surface area contributed by atoms with E-state index < -0.39 is 0 Å². The molecule has 1 amide bonds. The van der Waals surface area contributed by atoms with Crippen LogP contribution in [0.25, 0.3) is 0 Å². The maximum atomic E-state index is 12.6. The molecule has 0 aliphatic carbocycles. The highest BCUT2D eigenvalue weighted by molar-refractivity contribution is 9.10. The number of carbonyl (C=O) groups excluding carboxylic acids is 2. The lowest BCUT2D eigenvalue weighted by Gasteiger charge is -2.10. The Labute approximate surface area is 170 Å². The van der Waals surface area contributed by atoms with E-state index in [2.05, 4.69) is 26.2 Å². The van der Waals surface area contributed by atoms with Gasteiger partial charge < -0.3 is 14.8 Å². The van der Waals surface area contributed by atoms with Gasteiger partial charge in [-0.1, -0.05) is 28.1 Å². The van der Waals surface area contributed by atoms with Crippen molar-refractivity contribution in [2.75, 3.05) is 19.0 Å². The summed E-state index contributed by atoms with van der Waals surface area (Å²) < 4.78 is 11.4. The normalized spacial score (nSPS) is 10.2. The Morgan fingerprint density at radius 2 is 1.82 bits per heavy atom. The largest absolute Gasteiger partial charge is 0.494 e. The number of anilines is 1. The summed E-state index contributed by atoms with van der Waals surface area (Å²) in [5.74, 6) is 0.551. The van der Waals surface area contributed by atoms with E-state index >= 15 is 0 Å². The van der Waals surface area contributed by atoms with E-state index in [9.17, 15) is 9.59 Å². The van der Waals surface area contributed by atoms with Crippen molar-refractivity contribution in [1.29, 1.82) is 0 Å². The molecule has 0 bridgehead atoms. The quantitative estimate of drug-likeness (QED) is 0.559. The van der Waals surface area contributed by atoms with Gasteiger partial charge in [0.15, 0.2) is 12.4 Å². The lowest BCUT2D eigenvalue weighted by molar-refractivity contribution is -0.118. The van der Waals surface area contributed by atoms with Gasteiger partial charge in [0.05, 0.1) is 13.3 Å². The Kier molecular flexibility index (Phi) is 6.39. The van der Waals surface area contributed by atoms with Gasteiger partial charge in [0, 0.05) is 27.9 Å². The molecule has 1 N–H and O–H groups in total. The predicted octanol–water partition coefficient (Wildman–Crippen LogP) is 4.10. The van der Waals surface area contributed by atoms with Gasteiger partial charge in [-0.2, -0.15) is 0 Å². The first-order valence-electron chi connectivity index (χ1n) is 8.38. The van der Waals surface area contributed by atoms with Gasteiger partial charge >= 0.3 is 0 Å². The molecule has 7 heteroatoms. The number of carbonyl (C=O) groups is 2. The molecule has 1 aromatic heterocycles. The van der Waals surface area contributed by atoms with E-state index in [1.165, 1.54) is 13.3 Å². The van der Waals surface area contributed by atoms with Gasteiger partial charge in [-0.3, -0.25) is 14.6 Å². The minimum Gasteiger partial charge on any atom is -0.494 e. The van der Waals surface area contributed by atoms with E-state index in [-0.39, 0.29) is 18.3 Å². The number of ketones is 1. The summed E-state index contributed by atoms with van der Waals surface area (Å²) in [6, 6.07) is 15.5. The zero-order chi connectivity index (χ0) is 19.9. The number of hydrogen-bond acceptors (Lipinski definition) is 5. The molecular weight excluding hydrogens is 424 g/mol. The Morgan fingerprint density at radius 3 is 2.54 bits per heavy atom. The number of hydrogen-bond donors (Lipinski definition) is 1. The first-order chi connectivity index (χ1) is 13.6. The fraction of sp³-hybridized carbons (Fsp3) is 0.0952. The monoisotopic (exact) mass is 440 g/mol. The van der Waals surface area contributed by atoms with Crippen LogP contribution in [-0.2, 0) is 4.79 Å². The molecule has 3 aromatic rings. The Bertz CT molecular complexity index is 990. The number of ether oxygens (including phenoxy) is 2. The summed E-state index contributed by atoms with van der Waals surface area (Å²) in [5.41, 5.74) is 1.58. The van der Waals surface area contributed by atoms with Crippen LogP contribution in [0.2, 0.25) is 0 Å². The van der Waals surface area contributed by atoms with Crippen LogP contribution in [0.15, 0.2) is 71.5 Å². The second-order valence-electron chi connectivity index (χ2n) is 5.75. The molecule has 142 valence electrons. The summed E-state index contributed by atoms with van der Waals surface area (Å²) in [7, 11) is 1.51. The number of nitrogens with zero attached hydrogens (tertiary/aromatic N) is 1. The molecule has 0 unspecified atom stereocenters. The van der Waals surface area contributed by atoms with Crippen molar-refractivity contribution >= 4 is 33.3 Å². The van der Waals surface area contributed by atoms with E-state index in [0.29, 0.717) is 28.3 Å². The van der Waals surface area contributed by atoms with Gasteiger partial charge in [-0.25, -0.2) is 0 Å². The third-order valence-electron chi connectivity index (χ3n) is 3.88. The fourth-order valence-electron chi connectivity index (χ4n) is 2.49. The van der Waals surface area contributed by atoms with Gasteiger partial charge in [0.25, 0.3) is 5.91 Å². The number of halogens is 1. The van der Waals surface area contributed by atoms with Crippen molar-refractivity contribution in [2.24, 2.45) is 0 Å². The number of pyridine rings is 1. The number of nitrogens with one attached hydrogen (secondary N) is 1.